The molecule has 8 nitrogen and oxygen atoms in total. The Morgan fingerprint density at radius 3 is 2.31 bits per heavy atom. The van der Waals surface area contributed by atoms with E-state index in [1.54, 1.807) is 32.9 Å². The predicted molar refractivity (Wildman–Crippen MR) is 127 cm³/mol. The Morgan fingerprint density at radius 2 is 1.72 bits per heavy atom. The third-order valence-electron chi connectivity index (χ3n) is 4.04. The van der Waals surface area contributed by atoms with Gasteiger partial charge < -0.3 is 19.5 Å². The fourth-order valence-electron chi connectivity index (χ4n) is 2.67. The zero-order chi connectivity index (χ0) is 23.8. The van der Waals surface area contributed by atoms with Crippen molar-refractivity contribution in [2.24, 2.45) is 0 Å². The second kappa shape index (κ2) is 11.8. The van der Waals surface area contributed by atoms with E-state index >= 15 is 0 Å². The van der Waals surface area contributed by atoms with Crippen LogP contribution in [0.3, 0.4) is 0 Å². The summed E-state index contributed by atoms with van der Waals surface area (Å²) in [4.78, 5) is 37.5. The number of ether oxygens (including phenoxy) is 3. The van der Waals surface area contributed by atoms with Crippen LogP contribution in [-0.4, -0.2) is 42.8 Å². The summed E-state index contributed by atoms with van der Waals surface area (Å²) in [6.45, 7) is 7.58. The first-order chi connectivity index (χ1) is 15.2. The molecule has 0 aliphatic carbocycles. The molecule has 1 heterocycles. The number of benzene rings is 1. The lowest BCUT2D eigenvalue weighted by molar-refractivity contribution is 0.0527. The lowest BCUT2D eigenvalue weighted by Crippen LogP contribution is -2.34. The number of thiophene rings is 1. The molecule has 0 aliphatic heterocycles. The van der Waals surface area contributed by atoms with Gasteiger partial charge >= 0.3 is 11.9 Å². The van der Waals surface area contributed by atoms with Gasteiger partial charge in [-0.25, -0.2) is 9.59 Å². The number of amides is 1. The van der Waals surface area contributed by atoms with Crippen LogP contribution in [0.25, 0.3) is 0 Å². The summed E-state index contributed by atoms with van der Waals surface area (Å²) in [7, 11) is 0. The van der Waals surface area contributed by atoms with Crippen LogP contribution in [0.2, 0.25) is 5.02 Å². The number of hydrogen-bond donors (Lipinski definition) is 2. The first kappa shape index (κ1) is 25.6. The van der Waals surface area contributed by atoms with E-state index < -0.39 is 17.8 Å². The second-order valence-electron chi connectivity index (χ2n) is 6.19. The van der Waals surface area contributed by atoms with Gasteiger partial charge in [0.1, 0.15) is 15.6 Å². The minimum Gasteiger partial charge on any atom is -0.492 e. The third-order valence-corrected chi connectivity index (χ3v) is 5.72. The molecule has 0 atom stereocenters. The molecule has 11 heteroatoms. The molecule has 0 bridgehead atoms. The maximum Gasteiger partial charge on any atom is 0.348 e. The topological polar surface area (TPSA) is 103 Å². The van der Waals surface area contributed by atoms with Gasteiger partial charge in [-0.3, -0.25) is 10.1 Å². The van der Waals surface area contributed by atoms with Crippen molar-refractivity contribution in [3.8, 4) is 5.75 Å². The van der Waals surface area contributed by atoms with Gasteiger partial charge in [0.05, 0.1) is 30.4 Å². The summed E-state index contributed by atoms with van der Waals surface area (Å²) in [6, 6.07) is 4.60. The van der Waals surface area contributed by atoms with Crippen molar-refractivity contribution in [2.45, 2.75) is 27.7 Å². The SMILES string of the molecule is CCOC(=O)c1sc(NC(=S)NC(=O)c2ccc(OCC)c(Cl)c2)c(C(=O)OCC)c1C. The van der Waals surface area contributed by atoms with Crippen LogP contribution in [0.15, 0.2) is 18.2 Å². The van der Waals surface area contributed by atoms with Gasteiger partial charge in [0, 0.05) is 5.56 Å². The van der Waals surface area contributed by atoms with E-state index in [1.807, 2.05) is 6.92 Å². The third kappa shape index (κ3) is 6.18. The van der Waals surface area contributed by atoms with Crippen molar-refractivity contribution in [2.75, 3.05) is 25.1 Å². The molecule has 1 aromatic heterocycles. The molecule has 172 valence electrons. The van der Waals surface area contributed by atoms with E-state index in [-0.39, 0.29) is 44.4 Å². The number of hydrogen-bond acceptors (Lipinski definition) is 8. The number of carbonyl (C=O) groups excluding carboxylic acids is 3. The molecule has 1 aromatic carbocycles. The van der Waals surface area contributed by atoms with Crippen molar-refractivity contribution >= 4 is 63.1 Å². The summed E-state index contributed by atoms with van der Waals surface area (Å²) < 4.78 is 15.5. The maximum absolute atomic E-state index is 12.6. The molecule has 2 N–H and O–H groups in total. The molecular weight excluding hydrogens is 476 g/mol. The smallest absolute Gasteiger partial charge is 0.348 e. The first-order valence-corrected chi connectivity index (χ1v) is 11.4. The van der Waals surface area contributed by atoms with E-state index in [0.29, 0.717) is 17.9 Å². The lowest BCUT2D eigenvalue weighted by atomic mass is 10.1. The first-order valence-electron chi connectivity index (χ1n) is 9.75. The van der Waals surface area contributed by atoms with Crippen molar-refractivity contribution in [3.63, 3.8) is 0 Å². The Labute approximate surface area is 200 Å². The Morgan fingerprint density at radius 1 is 1.06 bits per heavy atom. The Kier molecular flexibility index (Phi) is 9.42. The molecule has 0 saturated heterocycles. The molecule has 0 saturated carbocycles. The summed E-state index contributed by atoms with van der Waals surface area (Å²) >= 11 is 12.3. The monoisotopic (exact) mass is 498 g/mol. The van der Waals surface area contributed by atoms with E-state index in [4.69, 9.17) is 38.0 Å². The van der Waals surface area contributed by atoms with Crippen LogP contribution in [0.5, 0.6) is 5.75 Å². The highest BCUT2D eigenvalue weighted by atomic mass is 35.5. The predicted octanol–water partition coefficient (Wildman–Crippen LogP) is 4.59. The number of halogens is 1. The average Bonchev–Trinajstić information content (AvgIpc) is 3.05. The normalized spacial score (nSPS) is 10.3. The largest absolute Gasteiger partial charge is 0.492 e. The molecule has 0 fully saturated rings. The number of thiocarbonyl (C=S) groups is 1. The summed E-state index contributed by atoms with van der Waals surface area (Å²) in [5.74, 6) is -1.23. The quantitative estimate of drug-likeness (QED) is 0.402. The summed E-state index contributed by atoms with van der Waals surface area (Å²) in [6.07, 6.45) is 0. The van der Waals surface area contributed by atoms with Gasteiger partial charge in [0.25, 0.3) is 5.91 Å². The zero-order valence-corrected chi connectivity index (χ0v) is 20.4. The maximum atomic E-state index is 12.6. The molecule has 1 amide bonds. The lowest BCUT2D eigenvalue weighted by Gasteiger charge is -2.11. The zero-order valence-electron chi connectivity index (χ0n) is 18.0. The van der Waals surface area contributed by atoms with Gasteiger partial charge in [-0.1, -0.05) is 11.6 Å². The van der Waals surface area contributed by atoms with Crippen LogP contribution in [0, 0.1) is 6.92 Å². The van der Waals surface area contributed by atoms with Crippen molar-refractivity contribution in [3.05, 3.63) is 44.8 Å². The number of anilines is 1. The van der Waals surface area contributed by atoms with Crippen molar-refractivity contribution in [1.82, 2.24) is 5.32 Å². The van der Waals surface area contributed by atoms with Gasteiger partial charge in [-0.05, 0) is 63.7 Å². The van der Waals surface area contributed by atoms with Crippen LogP contribution in [0.4, 0.5) is 5.00 Å². The van der Waals surface area contributed by atoms with Crippen molar-refractivity contribution in [1.29, 1.82) is 0 Å². The molecule has 0 spiro atoms. The number of rotatable bonds is 8. The minimum atomic E-state index is -0.619. The van der Waals surface area contributed by atoms with Crippen LogP contribution < -0.4 is 15.4 Å². The Balaban J connectivity index is 2.23. The summed E-state index contributed by atoms with van der Waals surface area (Å²) in [5.41, 5.74) is 0.824. The number of carbonyl (C=O) groups is 3. The average molecular weight is 499 g/mol. The minimum absolute atomic E-state index is 0.0674. The molecule has 2 rings (SSSR count). The highest BCUT2D eigenvalue weighted by Crippen LogP contribution is 2.34. The van der Waals surface area contributed by atoms with Crippen molar-refractivity contribution < 1.29 is 28.6 Å². The highest BCUT2D eigenvalue weighted by Gasteiger charge is 2.27. The van der Waals surface area contributed by atoms with Crippen LogP contribution in [0.1, 0.15) is 56.7 Å². The van der Waals surface area contributed by atoms with Crippen LogP contribution >= 0.6 is 35.2 Å². The van der Waals surface area contributed by atoms with E-state index in [9.17, 15) is 14.4 Å². The molecule has 0 radical (unpaired) electrons. The fraction of sp³-hybridized carbons (Fsp3) is 0.333. The molecule has 0 aliphatic rings. The van der Waals surface area contributed by atoms with Gasteiger partial charge in [0.15, 0.2) is 5.11 Å². The van der Waals surface area contributed by atoms with E-state index in [0.717, 1.165) is 11.3 Å². The van der Waals surface area contributed by atoms with Gasteiger partial charge in [0.2, 0.25) is 0 Å². The molecule has 2 aromatic rings. The van der Waals surface area contributed by atoms with Gasteiger partial charge in [-0.15, -0.1) is 11.3 Å². The van der Waals surface area contributed by atoms with E-state index in [1.165, 1.54) is 6.07 Å². The highest BCUT2D eigenvalue weighted by molar-refractivity contribution is 7.80. The second-order valence-corrected chi connectivity index (χ2v) is 8.02. The number of esters is 2. The molecule has 0 unspecified atom stereocenters. The van der Waals surface area contributed by atoms with E-state index in [2.05, 4.69) is 10.6 Å². The number of nitrogens with one attached hydrogen (secondary N) is 2. The summed E-state index contributed by atoms with van der Waals surface area (Å²) in [5, 5.41) is 5.82. The molecular formula is C21H23ClN2O6S2. The Bertz CT molecular complexity index is 1040. The standard InChI is InChI=1S/C21H23ClN2O6S2/c1-5-28-14-9-8-12(10-13(14)22)17(25)23-21(31)24-18-15(19(26)29-6-2)11(4)16(32-18)20(27)30-7-3/h8-10H,5-7H2,1-4H3,(H2,23,24,25,31). The van der Waals surface area contributed by atoms with Crippen LogP contribution in [-0.2, 0) is 9.47 Å². The Hall–Kier alpha value is -2.69. The molecule has 32 heavy (non-hydrogen) atoms. The fourth-order valence-corrected chi connectivity index (χ4v) is 4.25. The van der Waals surface area contributed by atoms with Gasteiger partial charge in [-0.2, -0.15) is 0 Å².